The van der Waals surface area contributed by atoms with Gasteiger partial charge in [-0.2, -0.15) is 0 Å². The number of allylic oxidation sites excluding steroid dienone is 2. The molecule has 0 N–H and O–H groups in total. The fourth-order valence-electron chi connectivity index (χ4n) is 4.82. The summed E-state index contributed by atoms with van der Waals surface area (Å²) in [5, 5.41) is 0. The number of rotatable bonds is 0. The van der Waals surface area contributed by atoms with Crippen LogP contribution in [0.15, 0.2) is 11.6 Å². The van der Waals surface area contributed by atoms with Gasteiger partial charge in [0.1, 0.15) is 0 Å². The Kier molecular flexibility index (Phi) is 1.92. The van der Waals surface area contributed by atoms with Crippen LogP contribution >= 0.6 is 0 Å². The SMILES string of the molecule is CC1=CC[C@H]2[C@H]([C@@H]3[C@@H](C)CC[C@@H]13)C2(C)C. The standard InChI is InChI=1S/C15H24/c1-9-6-8-12-14(15(12,3)4)13-10(2)5-7-11(9)13/h6,10-14H,5,7-8H2,1-4H3/t10-,11-,12-,13+,14+/m0/s1. The van der Waals surface area contributed by atoms with Crippen molar-refractivity contribution in [2.75, 3.05) is 0 Å². The van der Waals surface area contributed by atoms with E-state index in [4.69, 9.17) is 0 Å². The molecule has 0 amide bonds. The molecule has 0 heteroatoms. The van der Waals surface area contributed by atoms with Crippen LogP contribution in [0.4, 0.5) is 0 Å². The van der Waals surface area contributed by atoms with Gasteiger partial charge in [0.05, 0.1) is 0 Å². The maximum atomic E-state index is 2.56. The maximum Gasteiger partial charge on any atom is -0.0172 e. The van der Waals surface area contributed by atoms with Crippen LogP contribution in [0.2, 0.25) is 0 Å². The lowest BCUT2D eigenvalue weighted by molar-refractivity contribution is 0.279. The van der Waals surface area contributed by atoms with Crippen LogP contribution in [-0.4, -0.2) is 0 Å². The first-order valence-corrected chi connectivity index (χ1v) is 6.70. The fourth-order valence-corrected chi connectivity index (χ4v) is 4.82. The summed E-state index contributed by atoms with van der Waals surface area (Å²) in [4.78, 5) is 0. The van der Waals surface area contributed by atoms with Crippen molar-refractivity contribution < 1.29 is 0 Å². The highest BCUT2D eigenvalue weighted by Crippen LogP contribution is 2.69. The van der Waals surface area contributed by atoms with Crippen LogP contribution in [0, 0.1) is 35.0 Å². The lowest BCUT2D eigenvalue weighted by atomic mass is 9.80. The maximum absolute atomic E-state index is 2.56. The van der Waals surface area contributed by atoms with E-state index in [2.05, 4.69) is 33.8 Å². The molecule has 0 aromatic carbocycles. The highest BCUT2D eigenvalue weighted by Gasteiger charge is 2.63. The van der Waals surface area contributed by atoms with Crippen molar-refractivity contribution in [3.8, 4) is 0 Å². The predicted octanol–water partition coefficient (Wildman–Crippen LogP) is 4.27. The molecule has 84 valence electrons. The van der Waals surface area contributed by atoms with E-state index in [9.17, 15) is 0 Å². The zero-order valence-electron chi connectivity index (χ0n) is 10.6. The van der Waals surface area contributed by atoms with E-state index in [0.29, 0.717) is 5.41 Å². The van der Waals surface area contributed by atoms with Gasteiger partial charge >= 0.3 is 0 Å². The van der Waals surface area contributed by atoms with Crippen molar-refractivity contribution in [1.82, 2.24) is 0 Å². The highest BCUT2D eigenvalue weighted by atomic mass is 14.7. The quantitative estimate of drug-likeness (QED) is 0.517. The molecule has 0 aliphatic heterocycles. The Hall–Kier alpha value is -0.260. The van der Waals surface area contributed by atoms with Gasteiger partial charge in [-0.25, -0.2) is 0 Å². The van der Waals surface area contributed by atoms with Crippen LogP contribution in [0.1, 0.15) is 47.0 Å². The van der Waals surface area contributed by atoms with Gasteiger partial charge in [0, 0.05) is 0 Å². The van der Waals surface area contributed by atoms with Crippen molar-refractivity contribution in [3.05, 3.63) is 11.6 Å². The van der Waals surface area contributed by atoms with E-state index in [0.717, 1.165) is 29.6 Å². The second-order valence-electron chi connectivity index (χ2n) is 6.88. The van der Waals surface area contributed by atoms with Gasteiger partial charge < -0.3 is 0 Å². The molecule has 2 fully saturated rings. The summed E-state index contributed by atoms with van der Waals surface area (Å²) >= 11 is 0. The normalized spacial score (nSPS) is 51.5. The number of hydrogen-bond donors (Lipinski definition) is 0. The molecule has 0 nitrogen and oxygen atoms in total. The Bertz CT molecular complexity index is 310. The summed E-state index contributed by atoms with van der Waals surface area (Å²) in [6.07, 6.45) is 6.87. The second-order valence-corrected chi connectivity index (χ2v) is 6.88. The Morgan fingerprint density at radius 3 is 2.73 bits per heavy atom. The molecule has 0 spiro atoms. The van der Waals surface area contributed by atoms with Crippen molar-refractivity contribution >= 4 is 0 Å². The van der Waals surface area contributed by atoms with Crippen LogP contribution < -0.4 is 0 Å². The third-order valence-electron chi connectivity index (χ3n) is 5.89. The van der Waals surface area contributed by atoms with Crippen LogP contribution in [0.25, 0.3) is 0 Å². The minimum absolute atomic E-state index is 0.652. The molecular formula is C15H24. The molecule has 3 aliphatic carbocycles. The third kappa shape index (κ3) is 1.20. The Labute approximate surface area is 94.1 Å². The monoisotopic (exact) mass is 204 g/mol. The molecule has 0 heterocycles. The fraction of sp³-hybridized carbons (Fsp3) is 0.867. The first kappa shape index (κ1) is 9.93. The van der Waals surface area contributed by atoms with E-state index < -0.39 is 0 Å². The average Bonchev–Trinajstić information content (AvgIpc) is 2.55. The Balaban J connectivity index is 1.96. The summed E-state index contributed by atoms with van der Waals surface area (Å²) < 4.78 is 0. The lowest BCUT2D eigenvalue weighted by Gasteiger charge is -2.25. The molecule has 0 bridgehead atoms. The summed E-state index contributed by atoms with van der Waals surface area (Å²) in [6, 6.07) is 0. The van der Waals surface area contributed by atoms with Crippen LogP contribution in [0.5, 0.6) is 0 Å². The van der Waals surface area contributed by atoms with Crippen molar-refractivity contribution in [1.29, 1.82) is 0 Å². The molecule has 3 aliphatic rings. The zero-order chi connectivity index (χ0) is 10.8. The van der Waals surface area contributed by atoms with E-state index in [1.807, 2.05) is 0 Å². The van der Waals surface area contributed by atoms with Gasteiger partial charge in [-0.1, -0.05) is 32.4 Å². The van der Waals surface area contributed by atoms with Gasteiger partial charge in [-0.05, 0) is 61.2 Å². The molecule has 0 radical (unpaired) electrons. The highest BCUT2D eigenvalue weighted by molar-refractivity contribution is 5.22. The molecule has 0 unspecified atom stereocenters. The summed E-state index contributed by atoms with van der Waals surface area (Å²) in [5.74, 6) is 4.97. The minimum Gasteiger partial charge on any atom is -0.0850 e. The van der Waals surface area contributed by atoms with E-state index >= 15 is 0 Å². The minimum atomic E-state index is 0.652. The second kappa shape index (κ2) is 2.90. The van der Waals surface area contributed by atoms with Crippen molar-refractivity contribution in [2.45, 2.75) is 47.0 Å². The molecule has 15 heavy (non-hydrogen) atoms. The van der Waals surface area contributed by atoms with E-state index in [1.165, 1.54) is 19.3 Å². The van der Waals surface area contributed by atoms with Crippen molar-refractivity contribution in [3.63, 3.8) is 0 Å². The molecule has 2 saturated carbocycles. The third-order valence-corrected chi connectivity index (χ3v) is 5.89. The van der Waals surface area contributed by atoms with E-state index in [-0.39, 0.29) is 0 Å². The molecule has 0 aromatic heterocycles. The number of fused-ring (bicyclic) bond motifs is 3. The summed E-state index contributed by atoms with van der Waals surface area (Å²) in [7, 11) is 0. The van der Waals surface area contributed by atoms with Gasteiger partial charge in [0.15, 0.2) is 0 Å². The zero-order valence-corrected chi connectivity index (χ0v) is 10.6. The van der Waals surface area contributed by atoms with Gasteiger partial charge in [0.2, 0.25) is 0 Å². The first-order chi connectivity index (χ1) is 7.03. The molecule has 5 atom stereocenters. The number of hydrogen-bond acceptors (Lipinski definition) is 0. The van der Waals surface area contributed by atoms with Crippen LogP contribution in [0.3, 0.4) is 0 Å². The first-order valence-electron chi connectivity index (χ1n) is 6.70. The smallest absolute Gasteiger partial charge is 0.0172 e. The largest absolute Gasteiger partial charge is 0.0850 e. The van der Waals surface area contributed by atoms with Crippen molar-refractivity contribution in [2.24, 2.45) is 35.0 Å². The van der Waals surface area contributed by atoms with Gasteiger partial charge in [-0.3, -0.25) is 0 Å². The molecule has 0 aromatic rings. The summed E-state index contributed by atoms with van der Waals surface area (Å²) in [6.45, 7) is 9.88. The average molecular weight is 204 g/mol. The summed E-state index contributed by atoms with van der Waals surface area (Å²) in [5.41, 5.74) is 2.37. The lowest BCUT2D eigenvalue weighted by Crippen LogP contribution is -2.18. The van der Waals surface area contributed by atoms with Crippen LogP contribution in [-0.2, 0) is 0 Å². The molecular weight excluding hydrogens is 180 g/mol. The Morgan fingerprint density at radius 2 is 2.00 bits per heavy atom. The van der Waals surface area contributed by atoms with Gasteiger partial charge in [0.25, 0.3) is 0 Å². The van der Waals surface area contributed by atoms with Gasteiger partial charge in [-0.15, -0.1) is 0 Å². The predicted molar refractivity (Wildman–Crippen MR) is 64.5 cm³/mol. The Morgan fingerprint density at radius 1 is 1.27 bits per heavy atom. The molecule has 3 rings (SSSR count). The topological polar surface area (TPSA) is 0 Å². The molecule has 0 saturated heterocycles. The van der Waals surface area contributed by atoms with E-state index in [1.54, 1.807) is 5.57 Å².